The molecule has 0 radical (unpaired) electrons. The molecule has 2 N–H and O–H groups in total. The number of carbonyl (C=O) groups is 1. The summed E-state index contributed by atoms with van der Waals surface area (Å²) in [6.45, 7) is 2.54. The van der Waals surface area contributed by atoms with E-state index in [1.165, 1.54) is 0 Å². The number of benzene rings is 1. The Morgan fingerprint density at radius 2 is 2.25 bits per heavy atom. The van der Waals surface area contributed by atoms with Crippen LogP contribution < -0.4 is 10.1 Å². The third kappa shape index (κ3) is 3.17. The average molecular weight is 274 g/mol. The highest BCUT2D eigenvalue weighted by Crippen LogP contribution is 2.29. The van der Waals surface area contributed by atoms with Crippen molar-refractivity contribution in [3.8, 4) is 5.75 Å². The predicted molar refractivity (Wildman–Crippen MR) is 78.4 cm³/mol. The molecular formula is C15H18N2O3. The van der Waals surface area contributed by atoms with Crippen LogP contribution in [-0.2, 0) is 4.79 Å². The summed E-state index contributed by atoms with van der Waals surface area (Å²) in [6.07, 6.45) is 0.750. The number of para-hydroxylation sites is 1. The largest absolute Gasteiger partial charge is 0.494 e. The first-order valence-electron chi connectivity index (χ1n) is 6.52. The fourth-order valence-electron chi connectivity index (χ4n) is 2.12. The van der Waals surface area contributed by atoms with Crippen LogP contribution in [0.3, 0.4) is 0 Å². The zero-order valence-corrected chi connectivity index (χ0v) is 11.6. The topological polar surface area (TPSA) is 71.5 Å². The number of nitrogens with zero attached hydrogens (tertiary/aromatic N) is 1. The summed E-state index contributed by atoms with van der Waals surface area (Å²) < 4.78 is 5.33. The highest BCUT2D eigenvalue weighted by molar-refractivity contribution is 5.95. The van der Waals surface area contributed by atoms with Crippen LogP contribution in [0, 0.1) is 6.92 Å². The molecule has 0 bridgehead atoms. The van der Waals surface area contributed by atoms with Gasteiger partial charge in [-0.25, -0.2) is 4.98 Å². The third-order valence-electron chi connectivity index (χ3n) is 3.03. The molecule has 0 amide bonds. The van der Waals surface area contributed by atoms with Gasteiger partial charge in [0.15, 0.2) is 0 Å². The van der Waals surface area contributed by atoms with Gasteiger partial charge in [-0.2, -0.15) is 0 Å². The van der Waals surface area contributed by atoms with Crippen molar-refractivity contribution in [3.63, 3.8) is 0 Å². The van der Waals surface area contributed by atoms with E-state index in [2.05, 4.69) is 10.3 Å². The summed E-state index contributed by atoms with van der Waals surface area (Å²) in [5.41, 5.74) is 2.66. The minimum Gasteiger partial charge on any atom is -0.494 e. The van der Waals surface area contributed by atoms with Crippen LogP contribution in [0.1, 0.15) is 18.5 Å². The number of hydrogen-bond donors (Lipinski definition) is 2. The van der Waals surface area contributed by atoms with Crippen LogP contribution in [0.5, 0.6) is 5.75 Å². The molecular weight excluding hydrogens is 256 g/mol. The van der Waals surface area contributed by atoms with Crippen molar-refractivity contribution >= 4 is 22.6 Å². The molecule has 1 heterocycles. The zero-order chi connectivity index (χ0) is 14.5. The van der Waals surface area contributed by atoms with E-state index < -0.39 is 5.97 Å². The maximum atomic E-state index is 10.5. The Morgan fingerprint density at radius 3 is 2.95 bits per heavy atom. The normalized spacial score (nSPS) is 10.5. The van der Waals surface area contributed by atoms with E-state index in [1.807, 2.05) is 31.2 Å². The minimum atomic E-state index is -0.774. The summed E-state index contributed by atoms with van der Waals surface area (Å²) in [5, 5.41) is 12.9. The van der Waals surface area contributed by atoms with E-state index in [0.29, 0.717) is 13.0 Å². The number of fused-ring (bicyclic) bond motifs is 1. The second-order valence-corrected chi connectivity index (χ2v) is 4.59. The molecule has 0 aliphatic heterocycles. The molecule has 2 aromatic rings. The molecule has 0 fully saturated rings. The highest BCUT2D eigenvalue weighted by atomic mass is 16.5. The standard InChI is InChI=1S/C15H18N2O3/c1-10-9-12(16-8-4-7-14(18)19)11-5-3-6-13(20-2)15(11)17-10/h3,5-6,9H,4,7-8H2,1-2H3,(H,16,17)(H,18,19). The lowest BCUT2D eigenvalue weighted by molar-refractivity contribution is -0.137. The Kier molecular flexibility index (Phi) is 4.40. The fourth-order valence-corrected chi connectivity index (χ4v) is 2.12. The SMILES string of the molecule is COc1cccc2c(NCCCC(=O)O)cc(C)nc12. The molecule has 0 spiro atoms. The molecule has 0 saturated heterocycles. The summed E-state index contributed by atoms with van der Waals surface area (Å²) in [4.78, 5) is 15.0. The van der Waals surface area contributed by atoms with Crippen molar-refractivity contribution in [2.24, 2.45) is 0 Å². The van der Waals surface area contributed by atoms with E-state index in [0.717, 1.165) is 28.0 Å². The number of aryl methyl sites for hydroxylation is 1. The third-order valence-corrected chi connectivity index (χ3v) is 3.03. The molecule has 0 aliphatic carbocycles. The lowest BCUT2D eigenvalue weighted by Gasteiger charge is -2.12. The smallest absolute Gasteiger partial charge is 0.303 e. The van der Waals surface area contributed by atoms with Gasteiger partial charge in [-0.05, 0) is 25.5 Å². The van der Waals surface area contributed by atoms with Crippen molar-refractivity contribution in [1.29, 1.82) is 0 Å². The van der Waals surface area contributed by atoms with Crippen LogP contribution in [-0.4, -0.2) is 29.7 Å². The molecule has 0 unspecified atom stereocenters. The molecule has 5 heteroatoms. The Morgan fingerprint density at radius 1 is 1.45 bits per heavy atom. The van der Waals surface area contributed by atoms with Crippen LogP contribution in [0.25, 0.3) is 10.9 Å². The lowest BCUT2D eigenvalue weighted by Crippen LogP contribution is -2.06. The summed E-state index contributed by atoms with van der Waals surface area (Å²) in [6, 6.07) is 7.73. The Hall–Kier alpha value is -2.30. The summed E-state index contributed by atoms with van der Waals surface area (Å²) >= 11 is 0. The highest BCUT2D eigenvalue weighted by Gasteiger charge is 2.08. The van der Waals surface area contributed by atoms with Gasteiger partial charge < -0.3 is 15.2 Å². The van der Waals surface area contributed by atoms with E-state index in [4.69, 9.17) is 9.84 Å². The monoisotopic (exact) mass is 274 g/mol. The molecule has 0 atom stereocenters. The first-order valence-corrected chi connectivity index (χ1v) is 6.52. The van der Waals surface area contributed by atoms with E-state index in [-0.39, 0.29) is 6.42 Å². The number of carboxylic acid groups (broad SMARTS) is 1. The number of hydrogen-bond acceptors (Lipinski definition) is 4. The fraction of sp³-hybridized carbons (Fsp3) is 0.333. The van der Waals surface area contributed by atoms with Crippen molar-refractivity contribution in [1.82, 2.24) is 4.98 Å². The number of nitrogens with one attached hydrogen (secondary N) is 1. The number of ether oxygens (including phenoxy) is 1. The molecule has 5 nitrogen and oxygen atoms in total. The van der Waals surface area contributed by atoms with Crippen molar-refractivity contribution in [2.75, 3.05) is 19.0 Å². The molecule has 1 aromatic heterocycles. The Bertz CT molecular complexity index is 626. The average Bonchev–Trinajstić information content (AvgIpc) is 2.42. The van der Waals surface area contributed by atoms with Gasteiger partial charge in [0.25, 0.3) is 0 Å². The van der Waals surface area contributed by atoms with Gasteiger partial charge in [0.1, 0.15) is 11.3 Å². The predicted octanol–water partition coefficient (Wildman–Crippen LogP) is 2.83. The first kappa shape index (κ1) is 14.1. The van der Waals surface area contributed by atoms with E-state index in [1.54, 1.807) is 7.11 Å². The number of pyridine rings is 1. The van der Waals surface area contributed by atoms with Crippen molar-refractivity contribution in [3.05, 3.63) is 30.0 Å². The van der Waals surface area contributed by atoms with Gasteiger partial charge in [0.05, 0.1) is 7.11 Å². The number of rotatable bonds is 6. The minimum absolute atomic E-state index is 0.165. The van der Waals surface area contributed by atoms with E-state index >= 15 is 0 Å². The van der Waals surface area contributed by atoms with Crippen LogP contribution in [0.2, 0.25) is 0 Å². The molecule has 0 aliphatic rings. The number of carboxylic acids is 1. The van der Waals surface area contributed by atoms with Gasteiger partial charge in [-0.15, -0.1) is 0 Å². The maximum Gasteiger partial charge on any atom is 0.303 e. The number of anilines is 1. The summed E-state index contributed by atoms with van der Waals surface area (Å²) in [5.74, 6) is -0.0379. The van der Waals surface area contributed by atoms with Crippen LogP contribution in [0.4, 0.5) is 5.69 Å². The molecule has 106 valence electrons. The van der Waals surface area contributed by atoms with Gasteiger partial charge in [0.2, 0.25) is 0 Å². The number of methoxy groups -OCH3 is 1. The first-order chi connectivity index (χ1) is 9.61. The molecule has 1 aromatic carbocycles. The zero-order valence-electron chi connectivity index (χ0n) is 11.6. The number of aliphatic carboxylic acids is 1. The van der Waals surface area contributed by atoms with Gasteiger partial charge in [-0.3, -0.25) is 4.79 Å². The molecule has 0 saturated carbocycles. The quantitative estimate of drug-likeness (QED) is 0.792. The maximum absolute atomic E-state index is 10.5. The summed E-state index contributed by atoms with van der Waals surface area (Å²) in [7, 11) is 1.62. The van der Waals surface area contributed by atoms with Crippen molar-refractivity contribution < 1.29 is 14.6 Å². The van der Waals surface area contributed by atoms with Crippen molar-refractivity contribution in [2.45, 2.75) is 19.8 Å². The second kappa shape index (κ2) is 6.23. The van der Waals surface area contributed by atoms with Crippen LogP contribution in [0.15, 0.2) is 24.3 Å². The Balaban J connectivity index is 2.26. The molecule has 20 heavy (non-hydrogen) atoms. The molecule has 2 rings (SSSR count). The van der Waals surface area contributed by atoms with Gasteiger partial charge in [-0.1, -0.05) is 12.1 Å². The second-order valence-electron chi connectivity index (χ2n) is 4.59. The number of aromatic nitrogens is 1. The Labute approximate surface area is 117 Å². The lowest BCUT2D eigenvalue weighted by atomic mass is 10.1. The van der Waals surface area contributed by atoms with Gasteiger partial charge >= 0.3 is 5.97 Å². The van der Waals surface area contributed by atoms with E-state index in [9.17, 15) is 4.79 Å². The van der Waals surface area contributed by atoms with Gasteiger partial charge in [0, 0.05) is 29.7 Å². The van der Waals surface area contributed by atoms with Crippen LogP contribution >= 0.6 is 0 Å².